The van der Waals surface area contributed by atoms with E-state index < -0.39 is 0 Å². The van der Waals surface area contributed by atoms with Crippen molar-refractivity contribution >= 4 is 67.9 Å². The maximum absolute atomic E-state index is 4.36. The number of azo groups is 1. The Morgan fingerprint density at radius 2 is 0.812 bits per heavy atom. The first-order valence-electron chi connectivity index (χ1n) is 10.2. The quantitative estimate of drug-likeness (QED) is 0.149. The molecule has 4 aromatic carbocycles. The molecule has 4 aromatic rings. The molecule has 0 radical (unpaired) electrons. The first-order valence-corrected chi connectivity index (χ1v) is 12.4. The van der Waals surface area contributed by atoms with Gasteiger partial charge in [0.25, 0.3) is 0 Å². The number of nitrogens with one attached hydrogen (secondary N) is 2. The van der Waals surface area contributed by atoms with Gasteiger partial charge >= 0.3 is 0 Å². The van der Waals surface area contributed by atoms with Crippen LogP contribution in [0.4, 0.5) is 22.7 Å². The fourth-order valence-electron chi connectivity index (χ4n) is 3.02. The average Bonchev–Trinajstić information content (AvgIpc) is 2.83. The summed E-state index contributed by atoms with van der Waals surface area (Å²) in [4.78, 5) is 0. The predicted octanol–water partition coefficient (Wildman–Crippen LogP) is 8.54. The van der Waals surface area contributed by atoms with Crippen LogP contribution in [-0.4, -0.2) is 0 Å². The van der Waals surface area contributed by atoms with E-state index >= 15 is 0 Å². The zero-order valence-corrected chi connectivity index (χ0v) is 21.6. The first kappa shape index (κ1) is 22.7. The molecule has 2 N–H and O–H groups in total. The molecule has 4 nitrogen and oxygen atoms in total. The third-order valence-corrected chi connectivity index (χ3v) is 6.27. The average molecular weight is 644 g/mol. The van der Waals surface area contributed by atoms with Crippen molar-refractivity contribution < 1.29 is 0 Å². The Labute approximate surface area is 215 Å². The second-order valence-corrected chi connectivity index (χ2v) is 9.75. The third-order valence-electron chi connectivity index (χ3n) is 4.84. The van der Waals surface area contributed by atoms with E-state index in [0.717, 1.165) is 35.8 Å². The van der Waals surface area contributed by atoms with Crippen molar-refractivity contribution in [2.24, 2.45) is 10.2 Å². The van der Waals surface area contributed by atoms with Gasteiger partial charge in [-0.3, -0.25) is 0 Å². The molecular weight excluding hydrogens is 622 g/mol. The molecule has 0 spiro atoms. The van der Waals surface area contributed by atoms with E-state index in [1.54, 1.807) is 0 Å². The number of benzene rings is 4. The minimum atomic E-state index is 0.774. The highest BCUT2D eigenvalue weighted by molar-refractivity contribution is 14.1. The molecule has 32 heavy (non-hydrogen) atoms. The molecule has 0 aliphatic heterocycles. The second-order valence-electron chi connectivity index (χ2n) is 7.25. The monoisotopic (exact) mass is 644 g/mol. The maximum atomic E-state index is 4.36. The minimum Gasteiger partial charge on any atom is -0.381 e. The predicted molar refractivity (Wildman–Crippen MR) is 150 cm³/mol. The Morgan fingerprint density at radius 3 is 1.16 bits per heavy atom. The van der Waals surface area contributed by atoms with Crippen molar-refractivity contribution in [3.63, 3.8) is 0 Å². The number of nitrogens with zero attached hydrogens (tertiary/aromatic N) is 2. The van der Waals surface area contributed by atoms with Crippen LogP contribution in [0.5, 0.6) is 0 Å². The van der Waals surface area contributed by atoms with Crippen LogP contribution in [0.1, 0.15) is 11.1 Å². The van der Waals surface area contributed by atoms with E-state index in [9.17, 15) is 0 Å². The molecule has 0 bridgehead atoms. The van der Waals surface area contributed by atoms with Crippen LogP contribution in [0.25, 0.3) is 0 Å². The van der Waals surface area contributed by atoms with Gasteiger partial charge in [0.15, 0.2) is 0 Å². The molecule has 0 heterocycles. The van der Waals surface area contributed by atoms with Crippen LogP contribution in [-0.2, 0) is 13.1 Å². The van der Waals surface area contributed by atoms with Crippen LogP contribution >= 0.6 is 45.2 Å². The summed E-state index contributed by atoms with van der Waals surface area (Å²) < 4.78 is 2.47. The lowest BCUT2D eigenvalue weighted by Crippen LogP contribution is -1.98. The van der Waals surface area contributed by atoms with Crippen LogP contribution in [0.2, 0.25) is 0 Å². The van der Waals surface area contributed by atoms with E-state index in [0.29, 0.717) is 0 Å². The summed E-state index contributed by atoms with van der Waals surface area (Å²) >= 11 is 4.62. The molecular formula is C26H22I2N4. The van der Waals surface area contributed by atoms with Crippen LogP contribution in [0.15, 0.2) is 107 Å². The number of hydrogen-bond acceptors (Lipinski definition) is 4. The lowest BCUT2D eigenvalue weighted by atomic mass is 10.2. The lowest BCUT2D eigenvalue weighted by molar-refractivity contribution is 1.14. The van der Waals surface area contributed by atoms with Gasteiger partial charge in [-0.05, 0) is 129 Å². The van der Waals surface area contributed by atoms with E-state index in [1.165, 1.54) is 18.3 Å². The fraction of sp³-hybridized carbons (Fsp3) is 0.0769. The Hall–Kier alpha value is -2.46. The fourth-order valence-corrected chi connectivity index (χ4v) is 3.74. The van der Waals surface area contributed by atoms with Gasteiger partial charge in [0.1, 0.15) is 0 Å². The summed E-state index contributed by atoms with van der Waals surface area (Å²) in [6, 6.07) is 33.0. The molecule has 0 aliphatic rings. The lowest BCUT2D eigenvalue weighted by Gasteiger charge is -2.07. The standard InChI is InChI=1S/C26H22I2N4/c27-21-5-13-23(14-6-21)29-17-19-1-9-25(10-2-19)31-32-26-11-3-20(4-12-26)18-30-24-15-7-22(28)8-16-24/h1-16,29-30H,17-18H2. The SMILES string of the molecule is Ic1ccc(NCc2ccc(N=Nc3ccc(CNc4ccc(I)cc4)cc3)cc2)cc1. The van der Waals surface area contributed by atoms with Gasteiger partial charge in [-0.1, -0.05) is 24.3 Å². The highest BCUT2D eigenvalue weighted by atomic mass is 127. The summed E-state index contributed by atoms with van der Waals surface area (Å²) in [6.45, 7) is 1.55. The Balaban J connectivity index is 1.27. The van der Waals surface area contributed by atoms with Crippen molar-refractivity contribution in [1.82, 2.24) is 0 Å². The van der Waals surface area contributed by atoms with Gasteiger partial charge in [-0.25, -0.2) is 0 Å². The Bertz CT molecular complexity index is 1060. The van der Waals surface area contributed by atoms with Crippen LogP contribution in [0, 0.1) is 7.14 Å². The zero-order chi connectivity index (χ0) is 22.2. The molecule has 6 heteroatoms. The highest BCUT2D eigenvalue weighted by Gasteiger charge is 1.98. The zero-order valence-electron chi connectivity index (χ0n) is 17.3. The molecule has 0 aromatic heterocycles. The van der Waals surface area contributed by atoms with Gasteiger partial charge in [-0.15, -0.1) is 0 Å². The van der Waals surface area contributed by atoms with Gasteiger partial charge in [0.2, 0.25) is 0 Å². The van der Waals surface area contributed by atoms with Crippen molar-refractivity contribution in [2.45, 2.75) is 13.1 Å². The molecule has 0 amide bonds. The summed E-state index contributed by atoms with van der Waals surface area (Å²) in [7, 11) is 0. The minimum absolute atomic E-state index is 0.774. The molecule has 0 aliphatic carbocycles. The Kier molecular flexibility index (Phi) is 8.11. The number of hydrogen-bond donors (Lipinski definition) is 2. The molecule has 160 valence electrons. The molecule has 4 rings (SSSR count). The smallest absolute Gasteiger partial charge is 0.0857 e. The Morgan fingerprint density at radius 1 is 0.469 bits per heavy atom. The van der Waals surface area contributed by atoms with Crippen LogP contribution < -0.4 is 10.6 Å². The third kappa shape index (κ3) is 7.03. The van der Waals surface area contributed by atoms with Gasteiger partial charge in [-0.2, -0.15) is 10.2 Å². The second kappa shape index (κ2) is 11.4. The van der Waals surface area contributed by atoms with Crippen molar-refractivity contribution in [2.75, 3.05) is 10.6 Å². The molecule has 0 saturated heterocycles. The van der Waals surface area contributed by atoms with E-state index in [1.807, 2.05) is 24.3 Å². The summed E-state index contributed by atoms with van der Waals surface area (Å²) in [5, 5.41) is 15.6. The first-order chi connectivity index (χ1) is 15.6. The van der Waals surface area contributed by atoms with E-state index in [4.69, 9.17) is 0 Å². The van der Waals surface area contributed by atoms with Gasteiger partial charge in [0.05, 0.1) is 11.4 Å². The molecule has 0 saturated carbocycles. The topological polar surface area (TPSA) is 48.8 Å². The number of rotatable bonds is 8. The summed E-state index contributed by atoms with van der Waals surface area (Å²) in [6.07, 6.45) is 0. The maximum Gasteiger partial charge on any atom is 0.0857 e. The summed E-state index contributed by atoms with van der Waals surface area (Å²) in [5.41, 5.74) is 6.32. The summed E-state index contributed by atoms with van der Waals surface area (Å²) in [5.74, 6) is 0. The number of halogens is 2. The van der Waals surface area contributed by atoms with Gasteiger partial charge in [0, 0.05) is 31.6 Å². The number of anilines is 2. The van der Waals surface area contributed by atoms with Crippen molar-refractivity contribution in [3.8, 4) is 0 Å². The molecule has 0 unspecified atom stereocenters. The van der Waals surface area contributed by atoms with Crippen LogP contribution in [0.3, 0.4) is 0 Å². The normalized spacial score (nSPS) is 10.9. The largest absolute Gasteiger partial charge is 0.381 e. The van der Waals surface area contributed by atoms with Gasteiger partial charge < -0.3 is 10.6 Å². The van der Waals surface area contributed by atoms with E-state index in [-0.39, 0.29) is 0 Å². The van der Waals surface area contributed by atoms with E-state index in [2.05, 4.69) is 139 Å². The van der Waals surface area contributed by atoms with Crippen molar-refractivity contribution in [1.29, 1.82) is 0 Å². The molecule has 0 fully saturated rings. The highest BCUT2D eigenvalue weighted by Crippen LogP contribution is 2.21. The molecule has 0 atom stereocenters. The van der Waals surface area contributed by atoms with Crippen molar-refractivity contribution in [3.05, 3.63) is 115 Å².